The summed E-state index contributed by atoms with van der Waals surface area (Å²) in [5.74, 6) is -0.423. The Kier molecular flexibility index (Phi) is 11.1. The highest BCUT2D eigenvalue weighted by atomic mass is 32.2. The zero-order valence-electron chi connectivity index (χ0n) is 22.5. The Labute approximate surface area is 224 Å². The molecule has 0 aliphatic heterocycles. The number of nitrogens with one attached hydrogen (secondary N) is 2. The van der Waals surface area contributed by atoms with Crippen LogP contribution in [0.2, 0.25) is 0 Å². The molecule has 0 saturated heterocycles. The lowest BCUT2D eigenvalue weighted by molar-refractivity contribution is -0.136. The summed E-state index contributed by atoms with van der Waals surface area (Å²) in [6.45, 7) is 9.14. The first-order valence-corrected chi connectivity index (χ1v) is 13.6. The molecule has 0 saturated carbocycles. The van der Waals surface area contributed by atoms with Crippen LogP contribution in [0, 0.1) is 19.4 Å². The van der Waals surface area contributed by atoms with E-state index in [1.54, 1.807) is 39.0 Å². The van der Waals surface area contributed by atoms with Gasteiger partial charge in [0.2, 0.25) is 0 Å². The molecule has 3 amide bonds. The van der Waals surface area contributed by atoms with Crippen molar-refractivity contribution >= 4 is 35.4 Å². The van der Waals surface area contributed by atoms with Crippen molar-refractivity contribution in [1.29, 1.82) is 0 Å². The molecule has 2 rings (SSSR count). The highest BCUT2D eigenvalue weighted by Crippen LogP contribution is 2.26. The van der Waals surface area contributed by atoms with Crippen molar-refractivity contribution in [3.8, 4) is 12.5 Å². The number of para-hydroxylation sites is 1. The molecule has 37 heavy (non-hydrogen) atoms. The van der Waals surface area contributed by atoms with Crippen LogP contribution >= 0.6 is 11.8 Å². The molecule has 0 heterocycles. The number of aryl methyl sites for hydroxylation is 2. The molecule has 0 aliphatic carbocycles. The number of benzene rings is 2. The van der Waals surface area contributed by atoms with Gasteiger partial charge in [0.25, 0.3) is 11.8 Å². The number of hydrogen-bond donors (Lipinski definition) is 2. The number of thioether (sulfide) groups is 1. The van der Waals surface area contributed by atoms with Gasteiger partial charge in [0.1, 0.15) is 17.7 Å². The van der Waals surface area contributed by atoms with E-state index in [2.05, 4.69) is 16.7 Å². The standard InChI is InChI=1S/C29H37N3O4S/c1-8-21-14-16-22(17-15-21)25(26(33)30-23-13-11-10-12-20(23)3)32(9-2)27(34)24(18-19-37-7)31-28(35)36-29(4,5)6/h2,10-17,24-25H,8,18-19H2,1,3-7H3,(H,30,33)(H,31,35). The Morgan fingerprint density at radius 1 is 1.11 bits per heavy atom. The van der Waals surface area contributed by atoms with Gasteiger partial charge in [-0.25, -0.2) is 4.79 Å². The van der Waals surface area contributed by atoms with E-state index in [0.717, 1.165) is 22.4 Å². The predicted molar refractivity (Wildman–Crippen MR) is 150 cm³/mol. The number of ether oxygens (including phenoxy) is 1. The van der Waals surface area contributed by atoms with Gasteiger partial charge < -0.3 is 15.4 Å². The molecular weight excluding hydrogens is 486 g/mol. The van der Waals surface area contributed by atoms with Gasteiger partial charge in [0, 0.05) is 11.7 Å². The van der Waals surface area contributed by atoms with E-state index in [9.17, 15) is 14.4 Å². The first-order chi connectivity index (χ1) is 17.5. The van der Waals surface area contributed by atoms with Crippen molar-refractivity contribution in [1.82, 2.24) is 10.2 Å². The van der Waals surface area contributed by atoms with Crippen LogP contribution < -0.4 is 10.6 Å². The molecule has 2 aromatic carbocycles. The van der Waals surface area contributed by atoms with Crippen LogP contribution in [-0.2, 0) is 20.7 Å². The van der Waals surface area contributed by atoms with Gasteiger partial charge in [0.15, 0.2) is 0 Å². The van der Waals surface area contributed by atoms with Crippen LogP contribution in [0.1, 0.15) is 56.8 Å². The monoisotopic (exact) mass is 523 g/mol. The topological polar surface area (TPSA) is 87.7 Å². The van der Waals surface area contributed by atoms with E-state index in [0.29, 0.717) is 23.4 Å². The minimum atomic E-state index is -1.11. The molecule has 0 spiro atoms. The fourth-order valence-electron chi connectivity index (χ4n) is 3.64. The third kappa shape index (κ3) is 8.87. The summed E-state index contributed by atoms with van der Waals surface area (Å²) in [4.78, 5) is 41.0. The average molecular weight is 524 g/mol. The van der Waals surface area contributed by atoms with Gasteiger partial charge in [-0.05, 0) is 75.3 Å². The van der Waals surface area contributed by atoms with Crippen LogP contribution in [0.3, 0.4) is 0 Å². The molecule has 0 radical (unpaired) electrons. The summed E-state index contributed by atoms with van der Waals surface area (Å²) >= 11 is 1.53. The van der Waals surface area contributed by atoms with Crippen LogP contribution in [0.25, 0.3) is 0 Å². The Balaban J connectivity index is 2.46. The molecule has 8 heteroatoms. The number of terminal acetylenes is 1. The number of anilines is 1. The molecule has 2 unspecified atom stereocenters. The summed E-state index contributed by atoms with van der Waals surface area (Å²) < 4.78 is 5.36. The Bertz CT molecular complexity index is 1120. The largest absolute Gasteiger partial charge is 0.444 e. The first-order valence-electron chi connectivity index (χ1n) is 12.2. The van der Waals surface area contributed by atoms with E-state index in [1.165, 1.54) is 11.8 Å². The minimum absolute atomic E-state index is 0.318. The van der Waals surface area contributed by atoms with Crippen molar-refractivity contribution in [2.45, 2.75) is 65.1 Å². The number of alkyl carbamates (subject to hydrolysis) is 1. The number of amides is 3. The second-order valence-corrected chi connectivity index (χ2v) is 10.6. The lowest BCUT2D eigenvalue weighted by Crippen LogP contribution is -2.51. The average Bonchev–Trinajstić information content (AvgIpc) is 2.85. The highest BCUT2D eigenvalue weighted by Gasteiger charge is 2.36. The maximum absolute atomic E-state index is 13.8. The highest BCUT2D eigenvalue weighted by molar-refractivity contribution is 7.98. The summed E-state index contributed by atoms with van der Waals surface area (Å²) in [6, 6.07) is 15.1. The fraction of sp³-hybridized carbons (Fsp3) is 0.414. The molecule has 0 aromatic heterocycles. The van der Waals surface area contributed by atoms with Gasteiger partial charge in [-0.15, -0.1) is 0 Å². The van der Waals surface area contributed by atoms with Crippen molar-refractivity contribution < 1.29 is 19.1 Å². The fourth-order valence-corrected chi connectivity index (χ4v) is 4.12. The van der Waals surface area contributed by atoms with Crippen molar-refractivity contribution in [2.24, 2.45) is 0 Å². The van der Waals surface area contributed by atoms with Gasteiger partial charge >= 0.3 is 6.09 Å². The summed E-state index contributed by atoms with van der Waals surface area (Å²) in [5.41, 5.74) is 2.41. The summed E-state index contributed by atoms with van der Waals surface area (Å²) in [7, 11) is 0. The van der Waals surface area contributed by atoms with Gasteiger partial charge in [-0.1, -0.05) is 55.8 Å². The molecule has 2 aromatic rings. The number of rotatable bonds is 10. The second kappa shape index (κ2) is 13.8. The Morgan fingerprint density at radius 3 is 2.30 bits per heavy atom. The molecule has 2 N–H and O–H groups in total. The molecule has 0 bridgehead atoms. The molecule has 2 atom stereocenters. The summed E-state index contributed by atoms with van der Waals surface area (Å²) in [6.07, 6.45) is 8.18. The van der Waals surface area contributed by atoms with Gasteiger partial charge in [0.05, 0.1) is 0 Å². The molecule has 0 aliphatic rings. The van der Waals surface area contributed by atoms with Gasteiger partial charge in [-0.3, -0.25) is 14.5 Å². The van der Waals surface area contributed by atoms with E-state index in [4.69, 9.17) is 11.2 Å². The van der Waals surface area contributed by atoms with Crippen LogP contribution in [0.4, 0.5) is 10.5 Å². The number of carbonyl (C=O) groups is 3. The number of carbonyl (C=O) groups excluding carboxylic acids is 3. The predicted octanol–water partition coefficient (Wildman–Crippen LogP) is 5.30. The molecular formula is C29H37N3O4S. The SMILES string of the molecule is C#CN(C(=O)C(CCSC)NC(=O)OC(C)(C)C)C(C(=O)Nc1ccccc1C)c1ccc(CC)cc1. The lowest BCUT2D eigenvalue weighted by atomic mass is 10.0. The third-order valence-corrected chi connectivity index (χ3v) is 6.23. The Morgan fingerprint density at radius 2 is 1.76 bits per heavy atom. The van der Waals surface area contributed by atoms with Crippen molar-refractivity contribution in [3.05, 3.63) is 65.2 Å². The number of hydrogen-bond acceptors (Lipinski definition) is 5. The zero-order valence-corrected chi connectivity index (χ0v) is 23.3. The molecule has 198 valence electrons. The maximum Gasteiger partial charge on any atom is 0.408 e. The normalized spacial score (nSPS) is 12.6. The minimum Gasteiger partial charge on any atom is -0.444 e. The van der Waals surface area contributed by atoms with E-state index in [1.807, 2.05) is 50.4 Å². The number of nitrogens with zero attached hydrogens (tertiary/aromatic N) is 1. The lowest BCUT2D eigenvalue weighted by Gasteiger charge is -2.30. The van der Waals surface area contributed by atoms with Crippen LogP contribution in [0.15, 0.2) is 48.5 Å². The first kappa shape index (κ1) is 29.8. The van der Waals surface area contributed by atoms with E-state index >= 15 is 0 Å². The smallest absolute Gasteiger partial charge is 0.408 e. The summed E-state index contributed by atoms with van der Waals surface area (Å²) in [5, 5.41) is 5.57. The van der Waals surface area contributed by atoms with E-state index in [-0.39, 0.29) is 0 Å². The van der Waals surface area contributed by atoms with Crippen LogP contribution in [-0.4, -0.2) is 46.5 Å². The second-order valence-electron chi connectivity index (χ2n) is 9.62. The third-order valence-electron chi connectivity index (χ3n) is 5.59. The Hall–Kier alpha value is -3.44. The van der Waals surface area contributed by atoms with Crippen molar-refractivity contribution in [2.75, 3.05) is 17.3 Å². The quantitative estimate of drug-likeness (QED) is 0.326. The van der Waals surface area contributed by atoms with Gasteiger partial charge in [-0.2, -0.15) is 11.8 Å². The van der Waals surface area contributed by atoms with Crippen LogP contribution in [0.5, 0.6) is 0 Å². The molecule has 7 nitrogen and oxygen atoms in total. The van der Waals surface area contributed by atoms with E-state index < -0.39 is 35.6 Å². The maximum atomic E-state index is 13.8. The van der Waals surface area contributed by atoms with Crippen molar-refractivity contribution in [3.63, 3.8) is 0 Å². The molecule has 0 fully saturated rings. The zero-order chi connectivity index (χ0) is 27.6.